The lowest BCUT2D eigenvalue weighted by Crippen LogP contribution is -1.95. The molecule has 4 aromatic carbocycles. The lowest BCUT2D eigenvalue weighted by atomic mass is 10.00. The van der Waals surface area contributed by atoms with Crippen LogP contribution in [0.4, 0.5) is 17.1 Å². The third kappa shape index (κ3) is 2.38. The highest BCUT2D eigenvalue weighted by Gasteiger charge is 2.08. The smallest absolute Gasteiger partial charge is 0.0474 e. The second kappa shape index (κ2) is 5.33. The molecule has 0 aromatic heterocycles. The Morgan fingerprint density at radius 2 is 1.52 bits per heavy atom. The van der Waals surface area contributed by atoms with Crippen molar-refractivity contribution in [2.75, 3.05) is 11.1 Å². The van der Waals surface area contributed by atoms with Crippen LogP contribution in [0.1, 0.15) is 5.56 Å². The molecule has 0 aliphatic rings. The van der Waals surface area contributed by atoms with Gasteiger partial charge in [0.25, 0.3) is 0 Å². The van der Waals surface area contributed by atoms with Crippen molar-refractivity contribution in [3.8, 4) is 0 Å². The first-order valence-corrected chi connectivity index (χ1v) is 7.76. The van der Waals surface area contributed by atoms with Crippen LogP contribution in [0.25, 0.3) is 21.5 Å². The number of nitrogen functional groups attached to an aromatic ring is 1. The van der Waals surface area contributed by atoms with Crippen molar-refractivity contribution in [3.05, 3.63) is 78.4 Å². The molecule has 4 rings (SSSR count). The molecule has 0 heterocycles. The Balaban J connectivity index is 1.93. The summed E-state index contributed by atoms with van der Waals surface area (Å²) in [4.78, 5) is 0. The molecule has 0 saturated heterocycles. The van der Waals surface area contributed by atoms with E-state index in [0.717, 1.165) is 38.6 Å². The maximum absolute atomic E-state index is 6.41. The van der Waals surface area contributed by atoms with Gasteiger partial charge in [-0.15, -0.1) is 0 Å². The quantitative estimate of drug-likeness (QED) is 0.372. The van der Waals surface area contributed by atoms with Gasteiger partial charge in [0, 0.05) is 33.2 Å². The summed E-state index contributed by atoms with van der Waals surface area (Å²) in [5.74, 6) is 0. The van der Waals surface area contributed by atoms with Crippen molar-refractivity contribution in [1.82, 2.24) is 0 Å². The fraction of sp³-hybridized carbons (Fsp3) is 0.0476. The van der Waals surface area contributed by atoms with Crippen LogP contribution in [0.15, 0.2) is 72.8 Å². The molecule has 112 valence electrons. The number of nitrogens with two attached hydrogens (primary N) is 1. The standard InChI is InChI=1S/C21H18N2/c1-14-6-4-8-16(12-14)23-20-11-5-10-18-19(20)13-15-7-2-3-9-17(15)21(18)22/h2-13,23H,22H2,1H3. The molecule has 0 unspecified atom stereocenters. The second-order valence-corrected chi connectivity index (χ2v) is 5.91. The van der Waals surface area contributed by atoms with Crippen molar-refractivity contribution in [2.45, 2.75) is 6.92 Å². The van der Waals surface area contributed by atoms with Crippen molar-refractivity contribution >= 4 is 38.6 Å². The zero-order chi connectivity index (χ0) is 15.8. The Hall–Kier alpha value is -3.00. The molecular weight excluding hydrogens is 280 g/mol. The van der Waals surface area contributed by atoms with Crippen LogP contribution in [0.5, 0.6) is 0 Å². The Morgan fingerprint density at radius 3 is 2.39 bits per heavy atom. The minimum Gasteiger partial charge on any atom is -0.398 e. The number of nitrogens with one attached hydrogen (secondary N) is 1. The molecule has 0 aliphatic carbocycles. The topological polar surface area (TPSA) is 38.0 Å². The zero-order valence-corrected chi connectivity index (χ0v) is 13.0. The van der Waals surface area contributed by atoms with Gasteiger partial charge in [0.1, 0.15) is 0 Å². The van der Waals surface area contributed by atoms with Crippen molar-refractivity contribution in [2.24, 2.45) is 0 Å². The molecule has 23 heavy (non-hydrogen) atoms. The van der Waals surface area contributed by atoms with E-state index >= 15 is 0 Å². The largest absolute Gasteiger partial charge is 0.398 e. The molecule has 3 N–H and O–H groups in total. The molecule has 0 atom stereocenters. The fourth-order valence-electron chi connectivity index (χ4n) is 3.11. The van der Waals surface area contributed by atoms with E-state index < -0.39 is 0 Å². The van der Waals surface area contributed by atoms with Crippen LogP contribution < -0.4 is 11.1 Å². The van der Waals surface area contributed by atoms with Crippen LogP contribution in [0.3, 0.4) is 0 Å². The van der Waals surface area contributed by atoms with Crippen molar-refractivity contribution in [1.29, 1.82) is 0 Å². The molecule has 2 nitrogen and oxygen atoms in total. The third-order valence-corrected chi connectivity index (χ3v) is 4.24. The Kier molecular flexibility index (Phi) is 3.16. The number of anilines is 3. The first-order chi connectivity index (χ1) is 11.2. The average molecular weight is 298 g/mol. The Morgan fingerprint density at radius 1 is 0.739 bits per heavy atom. The lowest BCUT2D eigenvalue weighted by Gasteiger charge is -2.13. The normalized spacial score (nSPS) is 11.0. The van der Waals surface area contributed by atoms with Gasteiger partial charge in [0.05, 0.1) is 0 Å². The molecule has 0 fully saturated rings. The van der Waals surface area contributed by atoms with Crippen molar-refractivity contribution < 1.29 is 0 Å². The molecule has 0 aliphatic heterocycles. The van der Waals surface area contributed by atoms with Gasteiger partial charge in [-0.2, -0.15) is 0 Å². The molecule has 0 saturated carbocycles. The number of aryl methyl sites for hydroxylation is 1. The first-order valence-electron chi connectivity index (χ1n) is 7.76. The highest BCUT2D eigenvalue weighted by molar-refractivity contribution is 6.13. The monoisotopic (exact) mass is 298 g/mol. The summed E-state index contributed by atoms with van der Waals surface area (Å²) in [7, 11) is 0. The average Bonchev–Trinajstić information content (AvgIpc) is 2.56. The molecule has 0 spiro atoms. The summed E-state index contributed by atoms with van der Waals surface area (Å²) in [6.07, 6.45) is 0. The SMILES string of the molecule is Cc1cccc(Nc2cccc3c(N)c4ccccc4cc23)c1. The summed E-state index contributed by atoms with van der Waals surface area (Å²) in [5, 5.41) is 8.02. The summed E-state index contributed by atoms with van der Waals surface area (Å²) in [5.41, 5.74) is 10.7. The van der Waals surface area contributed by atoms with Gasteiger partial charge < -0.3 is 11.1 Å². The highest BCUT2D eigenvalue weighted by Crippen LogP contribution is 2.35. The maximum atomic E-state index is 6.41. The van der Waals surface area contributed by atoms with Crippen LogP contribution in [-0.2, 0) is 0 Å². The van der Waals surface area contributed by atoms with Gasteiger partial charge in [0.2, 0.25) is 0 Å². The highest BCUT2D eigenvalue weighted by atomic mass is 14.9. The minimum absolute atomic E-state index is 0.839. The predicted molar refractivity (Wildman–Crippen MR) is 100 cm³/mol. The predicted octanol–water partition coefficient (Wildman–Crippen LogP) is 5.63. The van der Waals surface area contributed by atoms with E-state index in [0.29, 0.717) is 0 Å². The molecular formula is C21H18N2. The summed E-state index contributed by atoms with van der Waals surface area (Å²) in [6, 6.07) is 25.1. The molecule has 2 heteroatoms. The van der Waals surface area contributed by atoms with Crippen LogP contribution in [-0.4, -0.2) is 0 Å². The number of hydrogen-bond acceptors (Lipinski definition) is 2. The first kappa shape index (κ1) is 13.6. The molecule has 0 amide bonds. The molecule has 0 radical (unpaired) electrons. The van der Waals surface area contributed by atoms with E-state index in [9.17, 15) is 0 Å². The number of benzene rings is 4. The van der Waals surface area contributed by atoms with Crippen LogP contribution >= 0.6 is 0 Å². The lowest BCUT2D eigenvalue weighted by molar-refractivity contribution is 1.45. The summed E-state index contributed by atoms with van der Waals surface area (Å²) in [6.45, 7) is 2.10. The maximum Gasteiger partial charge on any atom is 0.0474 e. The van der Waals surface area contributed by atoms with Gasteiger partial charge in [-0.3, -0.25) is 0 Å². The minimum atomic E-state index is 0.839. The Bertz CT molecular complexity index is 1020. The van der Waals surface area contributed by atoms with E-state index in [-0.39, 0.29) is 0 Å². The van der Waals surface area contributed by atoms with Gasteiger partial charge in [-0.25, -0.2) is 0 Å². The summed E-state index contributed by atoms with van der Waals surface area (Å²) < 4.78 is 0. The van der Waals surface area contributed by atoms with Gasteiger partial charge in [-0.1, -0.05) is 48.5 Å². The fourth-order valence-corrected chi connectivity index (χ4v) is 3.11. The van der Waals surface area contributed by atoms with Crippen LogP contribution in [0, 0.1) is 6.92 Å². The van der Waals surface area contributed by atoms with Gasteiger partial charge >= 0.3 is 0 Å². The number of hydrogen-bond donors (Lipinski definition) is 2. The Labute approximate surface area is 135 Å². The van der Waals surface area contributed by atoms with Crippen molar-refractivity contribution in [3.63, 3.8) is 0 Å². The van der Waals surface area contributed by atoms with Gasteiger partial charge in [0.15, 0.2) is 0 Å². The third-order valence-electron chi connectivity index (χ3n) is 4.24. The summed E-state index contributed by atoms with van der Waals surface area (Å²) >= 11 is 0. The van der Waals surface area contributed by atoms with E-state index in [2.05, 4.69) is 66.8 Å². The van der Waals surface area contributed by atoms with Gasteiger partial charge in [-0.05, 0) is 42.1 Å². The second-order valence-electron chi connectivity index (χ2n) is 5.91. The molecule has 4 aromatic rings. The number of fused-ring (bicyclic) bond motifs is 2. The van der Waals surface area contributed by atoms with E-state index in [1.807, 2.05) is 18.2 Å². The van der Waals surface area contributed by atoms with Crippen LogP contribution in [0.2, 0.25) is 0 Å². The van der Waals surface area contributed by atoms with E-state index in [1.54, 1.807) is 0 Å². The van der Waals surface area contributed by atoms with E-state index in [4.69, 9.17) is 5.73 Å². The van der Waals surface area contributed by atoms with E-state index in [1.165, 1.54) is 5.56 Å². The molecule has 0 bridgehead atoms. The number of rotatable bonds is 2. The zero-order valence-electron chi connectivity index (χ0n) is 13.0.